The van der Waals surface area contributed by atoms with Gasteiger partial charge in [0.2, 0.25) is 0 Å². The quantitative estimate of drug-likeness (QED) is 0.791. The van der Waals surface area contributed by atoms with E-state index in [1.165, 1.54) is 12.7 Å². The van der Waals surface area contributed by atoms with E-state index < -0.39 is 5.41 Å². The zero-order valence-corrected chi connectivity index (χ0v) is 15.4. The number of hydrogen-bond donors (Lipinski definition) is 0. The number of piperidine rings is 1. The first-order valence-corrected chi connectivity index (χ1v) is 9.13. The van der Waals surface area contributed by atoms with Crippen LogP contribution in [0.4, 0.5) is 0 Å². The Kier molecular flexibility index (Phi) is 5.40. The van der Waals surface area contributed by atoms with Crippen molar-refractivity contribution in [2.24, 2.45) is 0 Å². The Morgan fingerprint density at radius 2 is 1.62 bits per heavy atom. The summed E-state index contributed by atoms with van der Waals surface area (Å²) in [6.45, 7) is 3.17. The van der Waals surface area contributed by atoms with Crippen molar-refractivity contribution >= 4 is 11.9 Å². The van der Waals surface area contributed by atoms with Crippen molar-refractivity contribution in [3.05, 3.63) is 71.3 Å². The lowest BCUT2D eigenvalue weighted by molar-refractivity contribution is -0.149. The highest BCUT2D eigenvalue weighted by molar-refractivity contribution is 5.94. The number of carbonyl (C=O) groups excluding carboxylic acids is 2. The number of likely N-dealkylation sites (tertiary alicyclic amines) is 1. The predicted molar refractivity (Wildman–Crippen MR) is 101 cm³/mol. The minimum atomic E-state index is -0.668. The van der Waals surface area contributed by atoms with Gasteiger partial charge in [0.15, 0.2) is 0 Å². The second kappa shape index (κ2) is 7.73. The minimum absolute atomic E-state index is 0.0270. The van der Waals surface area contributed by atoms with E-state index >= 15 is 0 Å². The molecule has 1 amide bonds. The molecule has 2 aromatic rings. The van der Waals surface area contributed by atoms with Crippen LogP contribution in [0, 0.1) is 0 Å². The summed E-state index contributed by atoms with van der Waals surface area (Å²) in [6.07, 6.45) is 2.10. The van der Waals surface area contributed by atoms with Gasteiger partial charge >= 0.3 is 5.97 Å². The maximum atomic E-state index is 12.8. The zero-order valence-electron chi connectivity index (χ0n) is 15.4. The van der Waals surface area contributed by atoms with Crippen LogP contribution in [0.1, 0.15) is 41.3 Å². The Morgan fingerprint density at radius 1 is 1.00 bits per heavy atom. The number of benzene rings is 2. The number of amides is 1. The third-order valence-electron chi connectivity index (χ3n) is 5.42. The van der Waals surface area contributed by atoms with Gasteiger partial charge in [-0.15, -0.1) is 0 Å². The second-order valence-electron chi connectivity index (χ2n) is 6.78. The molecule has 1 aliphatic heterocycles. The summed E-state index contributed by atoms with van der Waals surface area (Å²) in [5.41, 5.74) is 2.21. The largest absolute Gasteiger partial charge is 0.468 e. The zero-order chi connectivity index (χ0) is 18.6. The topological polar surface area (TPSA) is 46.6 Å². The van der Waals surface area contributed by atoms with Crippen LogP contribution in [-0.4, -0.2) is 37.0 Å². The molecule has 0 spiro atoms. The van der Waals surface area contributed by atoms with Crippen LogP contribution in [0.15, 0.2) is 54.6 Å². The summed E-state index contributed by atoms with van der Waals surface area (Å²) < 4.78 is 5.11. The SMILES string of the molecule is CCc1ccc(C(=O)N2CCC(C(=O)OC)(c3ccccc3)CC2)cc1. The summed E-state index contributed by atoms with van der Waals surface area (Å²) in [4.78, 5) is 27.2. The number of hydrogen-bond acceptors (Lipinski definition) is 3. The average Bonchev–Trinajstić information content (AvgIpc) is 2.73. The lowest BCUT2D eigenvalue weighted by Crippen LogP contribution is -2.49. The lowest BCUT2D eigenvalue weighted by Gasteiger charge is -2.40. The highest BCUT2D eigenvalue weighted by Gasteiger charge is 2.44. The Morgan fingerprint density at radius 3 is 2.15 bits per heavy atom. The number of nitrogens with zero attached hydrogens (tertiary/aromatic N) is 1. The van der Waals surface area contributed by atoms with Crippen LogP contribution in [0.2, 0.25) is 0 Å². The number of methoxy groups -OCH3 is 1. The number of carbonyl (C=O) groups is 2. The van der Waals surface area contributed by atoms with E-state index in [0.717, 1.165) is 12.0 Å². The monoisotopic (exact) mass is 351 g/mol. The third-order valence-corrected chi connectivity index (χ3v) is 5.42. The molecule has 2 aromatic carbocycles. The van der Waals surface area contributed by atoms with Crippen LogP contribution in [0.5, 0.6) is 0 Å². The smallest absolute Gasteiger partial charge is 0.316 e. The van der Waals surface area contributed by atoms with Crippen molar-refractivity contribution < 1.29 is 14.3 Å². The van der Waals surface area contributed by atoms with E-state index in [1.807, 2.05) is 59.5 Å². The lowest BCUT2D eigenvalue weighted by atomic mass is 9.72. The maximum Gasteiger partial charge on any atom is 0.316 e. The van der Waals surface area contributed by atoms with Crippen LogP contribution in [0.25, 0.3) is 0 Å². The highest BCUT2D eigenvalue weighted by Crippen LogP contribution is 2.37. The van der Waals surface area contributed by atoms with E-state index in [-0.39, 0.29) is 11.9 Å². The van der Waals surface area contributed by atoms with Crippen molar-refractivity contribution in [1.82, 2.24) is 4.90 Å². The molecule has 0 bridgehead atoms. The number of esters is 1. The molecule has 0 N–H and O–H groups in total. The van der Waals surface area contributed by atoms with Gasteiger partial charge < -0.3 is 9.64 Å². The summed E-state index contributed by atoms with van der Waals surface area (Å²) >= 11 is 0. The Balaban J connectivity index is 1.77. The summed E-state index contributed by atoms with van der Waals surface area (Å²) in [6, 6.07) is 17.5. The average molecular weight is 351 g/mol. The van der Waals surface area contributed by atoms with Gasteiger partial charge in [-0.2, -0.15) is 0 Å². The summed E-state index contributed by atoms with van der Waals surface area (Å²) in [5, 5.41) is 0. The molecular formula is C22H25NO3. The van der Waals surface area contributed by atoms with Crippen molar-refractivity contribution in [3.8, 4) is 0 Å². The van der Waals surface area contributed by atoms with Crippen molar-refractivity contribution in [1.29, 1.82) is 0 Å². The first-order valence-electron chi connectivity index (χ1n) is 9.13. The van der Waals surface area contributed by atoms with Gasteiger partial charge in [0.05, 0.1) is 12.5 Å². The number of rotatable bonds is 4. The fourth-order valence-corrected chi connectivity index (χ4v) is 3.72. The highest BCUT2D eigenvalue weighted by atomic mass is 16.5. The Hall–Kier alpha value is -2.62. The van der Waals surface area contributed by atoms with E-state index in [0.29, 0.717) is 31.5 Å². The Labute approximate surface area is 154 Å². The molecule has 0 aromatic heterocycles. The van der Waals surface area contributed by atoms with Crippen LogP contribution >= 0.6 is 0 Å². The molecular weight excluding hydrogens is 326 g/mol. The molecule has 136 valence electrons. The van der Waals surface area contributed by atoms with Crippen molar-refractivity contribution in [2.75, 3.05) is 20.2 Å². The molecule has 4 nitrogen and oxygen atoms in total. The molecule has 4 heteroatoms. The molecule has 26 heavy (non-hydrogen) atoms. The van der Waals surface area contributed by atoms with Gasteiger partial charge in [0.1, 0.15) is 0 Å². The van der Waals surface area contributed by atoms with Crippen molar-refractivity contribution in [2.45, 2.75) is 31.6 Å². The first kappa shape index (κ1) is 18.2. The molecule has 1 saturated heterocycles. The van der Waals surface area contributed by atoms with Gasteiger partial charge in [-0.25, -0.2) is 0 Å². The Bertz CT molecular complexity index is 760. The standard InChI is InChI=1S/C22H25NO3/c1-3-17-9-11-18(12-10-17)20(24)23-15-13-22(14-16-23,21(25)26-2)19-7-5-4-6-8-19/h4-12H,3,13-16H2,1-2H3. The second-order valence-corrected chi connectivity index (χ2v) is 6.78. The maximum absolute atomic E-state index is 12.8. The summed E-state index contributed by atoms with van der Waals surface area (Å²) in [5.74, 6) is -0.192. The van der Waals surface area contributed by atoms with E-state index in [9.17, 15) is 9.59 Å². The van der Waals surface area contributed by atoms with E-state index in [1.54, 1.807) is 0 Å². The van der Waals surface area contributed by atoms with Gasteiger partial charge in [-0.05, 0) is 42.5 Å². The van der Waals surface area contributed by atoms with Crippen LogP contribution < -0.4 is 0 Å². The molecule has 0 aliphatic carbocycles. The van der Waals surface area contributed by atoms with Gasteiger partial charge in [0, 0.05) is 18.7 Å². The molecule has 0 atom stereocenters. The first-order chi connectivity index (χ1) is 12.6. The molecule has 1 aliphatic rings. The van der Waals surface area contributed by atoms with Crippen LogP contribution in [0.3, 0.4) is 0 Å². The third kappa shape index (κ3) is 3.36. The molecule has 0 saturated carbocycles. The molecule has 1 fully saturated rings. The van der Waals surface area contributed by atoms with E-state index in [4.69, 9.17) is 4.74 Å². The van der Waals surface area contributed by atoms with Gasteiger partial charge in [-0.3, -0.25) is 9.59 Å². The minimum Gasteiger partial charge on any atom is -0.468 e. The number of aryl methyl sites for hydroxylation is 1. The van der Waals surface area contributed by atoms with Crippen LogP contribution in [-0.2, 0) is 21.4 Å². The normalized spacial score (nSPS) is 16.2. The van der Waals surface area contributed by atoms with E-state index in [2.05, 4.69) is 6.92 Å². The molecule has 1 heterocycles. The van der Waals surface area contributed by atoms with Crippen molar-refractivity contribution in [3.63, 3.8) is 0 Å². The summed E-state index contributed by atoms with van der Waals surface area (Å²) in [7, 11) is 1.43. The fraction of sp³-hybridized carbons (Fsp3) is 0.364. The number of ether oxygens (including phenoxy) is 1. The van der Waals surface area contributed by atoms with Gasteiger partial charge in [-0.1, -0.05) is 49.4 Å². The fourth-order valence-electron chi connectivity index (χ4n) is 3.72. The molecule has 3 rings (SSSR count). The molecule has 0 radical (unpaired) electrons. The van der Waals surface area contributed by atoms with Gasteiger partial charge in [0.25, 0.3) is 5.91 Å². The molecule has 0 unspecified atom stereocenters. The predicted octanol–water partition coefficient (Wildman–Crippen LogP) is 3.60.